The van der Waals surface area contributed by atoms with Gasteiger partial charge in [0, 0.05) is 24.5 Å². The molecule has 0 spiro atoms. The molecule has 0 atom stereocenters. The first-order valence-electron chi connectivity index (χ1n) is 7.12. The highest BCUT2D eigenvalue weighted by molar-refractivity contribution is 5.67. The molecule has 120 valence electrons. The number of hydrogen-bond acceptors (Lipinski definition) is 4. The van der Waals surface area contributed by atoms with Crippen molar-refractivity contribution in [1.82, 2.24) is 14.6 Å². The van der Waals surface area contributed by atoms with Gasteiger partial charge in [0.2, 0.25) is 0 Å². The third kappa shape index (κ3) is 3.39. The normalized spacial score (nSPS) is 11.2. The molecule has 2 heterocycles. The number of alkyl halides is 2. The predicted octanol–water partition coefficient (Wildman–Crippen LogP) is 3.56. The van der Waals surface area contributed by atoms with E-state index in [1.54, 1.807) is 29.0 Å². The number of benzene rings is 1. The highest BCUT2D eigenvalue weighted by atomic mass is 19.3. The minimum Gasteiger partial charge on any atom is -0.434 e. The predicted molar refractivity (Wildman–Crippen MR) is 82.9 cm³/mol. The molecule has 1 aromatic carbocycles. The maximum Gasteiger partial charge on any atom is 0.387 e. The molecule has 0 aliphatic heterocycles. The second kappa shape index (κ2) is 6.20. The zero-order valence-electron chi connectivity index (χ0n) is 12.8. The fraction of sp³-hybridized carbons (Fsp3) is 0.250. The van der Waals surface area contributed by atoms with Crippen molar-refractivity contribution in [3.63, 3.8) is 0 Å². The van der Waals surface area contributed by atoms with Crippen LogP contribution < -0.4 is 10.1 Å². The molecule has 0 fully saturated rings. The number of fused-ring (bicyclic) bond motifs is 1. The van der Waals surface area contributed by atoms with Gasteiger partial charge in [-0.1, -0.05) is 17.7 Å². The quantitative estimate of drug-likeness (QED) is 0.781. The van der Waals surface area contributed by atoms with Gasteiger partial charge in [-0.2, -0.15) is 13.9 Å². The Balaban J connectivity index is 1.86. The molecule has 0 amide bonds. The number of ether oxygens (including phenoxy) is 1. The standard InChI is InChI=1S/C16H16F2N4O/c1-10-3-4-14(23-16(17)18)12(7-10)9-20-15-13-8-11(2)21-22(13)6-5-19-15/h3-8,16H,9H2,1-2H3,(H,19,20). The molecular formula is C16H16F2N4O. The van der Waals surface area contributed by atoms with Crippen LogP contribution in [0.1, 0.15) is 16.8 Å². The smallest absolute Gasteiger partial charge is 0.387 e. The van der Waals surface area contributed by atoms with E-state index in [-0.39, 0.29) is 5.75 Å². The highest BCUT2D eigenvalue weighted by Crippen LogP contribution is 2.24. The van der Waals surface area contributed by atoms with Crippen molar-refractivity contribution in [3.8, 4) is 5.75 Å². The Hall–Kier alpha value is -2.70. The monoisotopic (exact) mass is 318 g/mol. The lowest BCUT2D eigenvalue weighted by Crippen LogP contribution is -2.08. The van der Waals surface area contributed by atoms with E-state index in [2.05, 4.69) is 20.1 Å². The average Bonchev–Trinajstić information content (AvgIpc) is 2.87. The molecule has 3 rings (SSSR count). The molecule has 5 nitrogen and oxygen atoms in total. The summed E-state index contributed by atoms with van der Waals surface area (Å²) in [6, 6.07) is 7.00. The van der Waals surface area contributed by atoms with Crippen LogP contribution in [0.25, 0.3) is 5.52 Å². The van der Waals surface area contributed by atoms with Crippen LogP contribution in [0.15, 0.2) is 36.7 Å². The summed E-state index contributed by atoms with van der Waals surface area (Å²) in [6.45, 7) is 1.26. The minimum absolute atomic E-state index is 0.162. The number of halogens is 2. The van der Waals surface area contributed by atoms with Crippen molar-refractivity contribution in [2.45, 2.75) is 27.0 Å². The van der Waals surface area contributed by atoms with Crippen LogP contribution in [0.2, 0.25) is 0 Å². The van der Waals surface area contributed by atoms with Gasteiger partial charge in [-0.15, -0.1) is 0 Å². The van der Waals surface area contributed by atoms with E-state index in [0.717, 1.165) is 16.8 Å². The molecule has 1 N–H and O–H groups in total. The van der Waals surface area contributed by atoms with Crippen LogP contribution in [0.5, 0.6) is 5.75 Å². The molecule has 0 aliphatic rings. The van der Waals surface area contributed by atoms with Gasteiger partial charge >= 0.3 is 6.61 Å². The number of hydrogen-bond donors (Lipinski definition) is 1. The summed E-state index contributed by atoms with van der Waals surface area (Å²) in [7, 11) is 0. The van der Waals surface area contributed by atoms with Crippen molar-refractivity contribution in [2.75, 3.05) is 5.32 Å². The summed E-state index contributed by atoms with van der Waals surface area (Å²) < 4.78 is 31.3. The molecule has 0 saturated carbocycles. The first kappa shape index (κ1) is 15.2. The third-order valence-electron chi connectivity index (χ3n) is 3.39. The van der Waals surface area contributed by atoms with Crippen molar-refractivity contribution in [3.05, 3.63) is 53.5 Å². The van der Waals surface area contributed by atoms with E-state index < -0.39 is 6.61 Å². The topological polar surface area (TPSA) is 51.5 Å². The number of nitrogens with one attached hydrogen (secondary N) is 1. The molecule has 2 aromatic heterocycles. The first-order chi connectivity index (χ1) is 11.0. The van der Waals surface area contributed by atoms with Gasteiger partial charge < -0.3 is 10.1 Å². The van der Waals surface area contributed by atoms with E-state index in [1.807, 2.05) is 26.0 Å². The lowest BCUT2D eigenvalue weighted by atomic mass is 10.1. The molecule has 0 saturated heterocycles. The zero-order valence-corrected chi connectivity index (χ0v) is 12.8. The number of nitrogens with zero attached hydrogens (tertiary/aromatic N) is 3. The minimum atomic E-state index is -2.85. The molecular weight excluding hydrogens is 302 g/mol. The molecule has 7 heteroatoms. The molecule has 0 unspecified atom stereocenters. The number of rotatable bonds is 5. The van der Waals surface area contributed by atoms with E-state index in [1.165, 1.54) is 0 Å². The van der Waals surface area contributed by atoms with E-state index >= 15 is 0 Å². The van der Waals surface area contributed by atoms with Crippen molar-refractivity contribution in [2.24, 2.45) is 0 Å². The van der Waals surface area contributed by atoms with Crippen LogP contribution in [-0.2, 0) is 6.54 Å². The van der Waals surface area contributed by atoms with Gasteiger partial charge in [-0.25, -0.2) is 9.50 Å². The number of aryl methyl sites for hydroxylation is 2. The summed E-state index contributed by atoms with van der Waals surface area (Å²) in [5.41, 5.74) is 3.31. The summed E-state index contributed by atoms with van der Waals surface area (Å²) in [5.74, 6) is 0.798. The van der Waals surface area contributed by atoms with Crippen molar-refractivity contribution in [1.29, 1.82) is 0 Å². The average molecular weight is 318 g/mol. The Bertz CT molecular complexity index is 832. The Morgan fingerprint density at radius 1 is 1.26 bits per heavy atom. The Labute approximate surface area is 131 Å². The maximum atomic E-state index is 12.5. The Kier molecular flexibility index (Phi) is 4.10. The second-order valence-corrected chi connectivity index (χ2v) is 5.23. The van der Waals surface area contributed by atoms with E-state index in [0.29, 0.717) is 17.9 Å². The van der Waals surface area contributed by atoms with E-state index in [4.69, 9.17) is 0 Å². The SMILES string of the molecule is Cc1ccc(OC(F)F)c(CNc2nccn3nc(C)cc23)c1. The Morgan fingerprint density at radius 3 is 2.87 bits per heavy atom. The summed E-state index contributed by atoms with van der Waals surface area (Å²) in [6.07, 6.45) is 3.39. The van der Waals surface area contributed by atoms with Gasteiger partial charge in [0.1, 0.15) is 11.3 Å². The number of aromatic nitrogens is 3. The first-order valence-corrected chi connectivity index (χ1v) is 7.12. The van der Waals surface area contributed by atoms with Gasteiger partial charge in [0.05, 0.1) is 5.69 Å². The molecule has 3 aromatic rings. The highest BCUT2D eigenvalue weighted by Gasteiger charge is 2.11. The molecule has 0 radical (unpaired) electrons. The van der Waals surface area contributed by atoms with Gasteiger partial charge in [0.25, 0.3) is 0 Å². The molecule has 23 heavy (non-hydrogen) atoms. The fourth-order valence-corrected chi connectivity index (χ4v) is 2.42. The van der Waals surface area contributed by atoms with Gasteiger partial charge in [-0.3, -0.25) is 0 Å². The fourth-order valence-electron chi connectivity index (χ4n) is 2.42. The van der Waals surface area contributed by atoms with Crippen molar-refractivity contribution < 1.29 is 13.5 Å². The summed E-state index contributed by atoms with van der Waals surface area (Å²) in [4.78, 5) is 4.29. The van der Waals surface area contributed by atoms with Crippen LogP contribution in [-0.4, -0.2) is 21.2 Å². The lowest BCUT2D eigenvalue weighted by molar-refractivity contribution is -0.0504. The summed E-state index contributed by atoms with van der Waals surface area (Å²) >= 11 is 0. The van der Waals surface area contributed by atoms with Crippen molar-refractivity contribution >= 4 is 11.3 Å². The molecule has 0 bridgehead atoms. The van der Waals surface area contributed by atoms with Gasteiger partial charge in [0.15, 0.2) is 5.82 Å². The lowest BCUT2D eigenvalue weighted by Gasteiger charge is -2.13. The zero-order chi connectivity index (χ0) is 16.4. The second-order valence-electron chi connectivity index (χ2n) is 5.23. The third-order valence-corrected chi connectivity index (χ3v) is 3.39. The largest absolute Gasteiger partial charge is 0.434 e. The van der Waals surface area contributed by atoms with Crippen LogP contribution >= 0.6 is 0 Å². The maximum absolute atomic E-state index is 12.5. The van der Waals surface area contributed by atoms with Crippen LogP contribution in [0, 0.1) is 13.8 Å². The van der Waals surface area contributed by atoms with E-state index in [9.17, 15) is 8.78 Å². The molecule has 0 aliphatic carbocycles. The van der Waals surface area contributed by atoms with Crippen LogP contribution in [0.3, 0.4) is 0 Å². The summed E-state index contributed by atoms with van der Waals surface area (Å²) in [5, 5.41) is 7.47. The Morgan fingerprint density at radius 2 is 2.09 bits per heavy atom. The van der Waals surface area contributed by atoms with Crippen LogP contribution in [0.4, 0.5) is 14.6 Å². The number of anilines is 1. The van der Waals surface area contributed by atoms with Gasteiger partial charge in [-0.05, 0) is 26.0 Å².